The molecule has 4 heteroatoms. The summed E-state index contributed by atoms with van der Waals surface area (Å²) in [5.41, 5.74) is -0.564. The Bertz CT molecular complexity index is 309. The predicted octanol–water partition coefficient (Wildman–Crippen LogP) is 2.82. The summed E-state index contributed by atoms with van der Waals surface area (Å²) in [6.07, 6.45) is 7.44. The molecule has 1 aliphatic rings. The van der Waals surface area contributed by atoms with E-state index >= 15 is 0 Å². The van der Waals surface area contributed by atoms with E-state index in [1.807, 2.05) is 20.9 Å². The highest BCUT2D eigenvalue weighted by Gasteiger charge is 2.33. The summed E-state index contributed by atoms with van der Waals surface area (Å²) in [6, 6.07) is 0. The highest BCUT2D eigenvalue weighted by atomic mass is 16.5. The molecule has 0 aliphatic carbocycles. The smallest absolute Gasteiger partial charge is 0.326 e. The number of likely N-dealkylation sites (N-methyl/N-ethyl adjacent to an activating group) is 1. The zero-order chi connectivity index (χ0) is 15.7. The molecule has 1 fully saturated rings. The summed E-state index contributed by atoms with van der Waals surface area (Å²) in [7, 11) is 1.84. The Morgan fingerprint density at radius 3 is 2.71 bits per heavy atom. The average molecular weight is 298 g/mol. The lowest BCUT2D eigenvalue weighted by Gasteiger charge is -2.30. The molecule has 0 spiro atoms. The highest BCUT2D eigenvalue weighted by molar-refractivity contribution is 5.80. The minimum absolute atomic E-state index is 0.133. The molecule has 0 aromatic rings. The maximum Gasteiger partial charge on any atom is 0.326 e. The molecule has 0 radical (unpaired) electrons. The Balaban J connectivity index is 2.44. The van der Waals surface area contributed by atoms with Crippen molar-refractivity contribution < 1.29 is 9.53 Å². The van der Waals surface area contributed by atoms with Gasteiger partial charge in [-0.15, -0.1) is 0 Å². The van der Waals surface area contributed by atoms with E-state index in [0.717, 1.165) is 18.9 Å². The molecule has 2 unspecified atom stereocenters. The molecule has 0 aromatic carbocycles. The largest absolute Gasteiger partial charge is 0.465 e. The molecule has 1 N–H and O–H groups in total. The molecule has 1 heterocycles. The first-order valence-electron chi connectivity index (χ1n) is 8.64. The summed E-state index contributed by atoms with van der Waals surface area (Å²) >= 11 is 0. The van der Waals surface area contributed by atoms with Crippen LogP contribution in [0.1, 0.15) is 59.3 Å². The van der Waals surface area contributed by atoms with Crippen LogP contribution in [0.2, 0.25) is 0 Å². The summed E-state index contributed by atoms with van der Waals surface area (Å²) in [5.74, 6) is 0.770. The Morgan fingerprint density at radius 1 is 1.33 bits per heavy atom. The van der Waals surface area contributed by atoms with E-state index in [9.17, 15) is 4.79 Å². The van der Waals surface area contributed by atoms with Gasteiger partial charge in [0.1, 0.15) is 5.54 Å². The Kier molecular flexibility index (Phi) is 8.27. The average Bonchev–Trinajstić information content (AvgIpc) is 2.71. The maximum atomic E-state index is 12.1. The molecule has 124 valence electrons. The van der Waals surface area contributed by atoms with Gasteiger partial charge in [-0.25, -0.2) is 0 Å². The zero-order valence-electron chi connectivity index (χ0n) is 14.4. The molecule has 4 nitrogen and oxygen atoms in total. The van der Waals surface area contributed by atoms with Crippen LogP contribution >= 0.6 is 0 Å². The van der Waals surface area contributed by atoms with Crippen molar-refractivity contribution in [3.63, 3.8) is 0 Å². The van der Waals surface area contributed by atoms with Crippen LogP contribution in [0.3, 0.4) is 0 Å². The van der Waals surface area contributed by atoms with E-state index in [1.165, 1.54) is 45.2 Å². The molecular formula is C17H34N2O2. The Labute approximate surface area is 130 Å². The molecule has 0 amide bonds. The lowest BCUT2D eigenvalue weighted by molar-refractivity contribution is -0.150. The van der Waals surface area contributed by atoms with Gasteiger partial charge in [0.15, 0.2) is 0 Å². The van der Waals surface area contributed by atoms with Crippen LogP contribution in [0.15, 0.2) is 0 Å². The van der Waals surface area contributed by atoms with Crippen LogP contribution in [-0.4, -0.2) is 49.7 Å². The van der Waals surface area contributed by atoms with Crippen molar-refractivity contribution in [3.8, 4) is 0 Å². The summed E-state index contributed by atoms with van der Waals surface area (Å²) in [6.45, 7) is 9.84. The van der Waals surface area contributed by atoms with Gasteiger partial charge in [-0.2, -0.15) is 0 Å². The van der Waals surface area contributed by atoms with Gasteiger partial charge in [0, 0.05) is 6.54 Å². The molecular weight excluding hydrogens is 264 g/mol. The van der Waals surface area contributed by atoms with E-state index < -0.39 is 5.54 Å². The number of hydrogen-bond acceptors (Lipinski definition) is 4. The Morgan fingerprint density at radius 2 is 2.10 bits per heavy atom. The van der Waals surface area contributed by atoms with Crippen molar-refractivity contribution in [2.24, 2.45) is 5.92 Å². The first-order valence-corrected chi connectivity index (χ1v) is 8.64. The number of hydrogen-bond donors (Lipinski definition) is 1. The topological polar surface area (TPSA) is 41.6 Å². The molecule has 1 saturated heterocycles. The zero-order valence-corrected chi connectivity index (χ0v) is 14.4. The first-order chi connectivity index (χ1) is 10.1. The van der Waals surface area contributed by atoms with Crippen molar-refractivity contribution in [3.05, 3.63) is 0 Å². The second-order valence-corrected chi connectivity index (χ2v) is 6.48. The van der Waals surface area contributed by atoms with Crippen LogP contribution in [0.25, 0.3) is 0 Å². The van der Waals surface area contributed by atoms with Crippen molar-refractivity contribution in [2.75, 3.05) is 33.3 Å². The van der Waals surface area contributed by atoms with Crippen molar-refractivity contribution in [1.82, 2.24) is 10.2 Å². The molecule has 1 rings (SSSR count). The van der Waals surface area contributed by atoms with E-state index in [0.29, 0.717) is 6.61 Å². The normalized spacial score (nSPS) is 23.3. The van der Waals surface area contributed by atoms with Gasteiger partial charge in [0.2, 0.25) is 0 Å². The Hall–Kier alpha value is -0.610. The molecule has 2 atom stereocenters. The lowest BCUT2D eigenvalue weighted by Crippen LogP contribution is -2.50. The molecule has 21 heavy (non-hydrogen) atoms. The van der Waals surface area contributed by atoms with Crippen LogP contribution in [0.4, 0.5) is 0 Å². The van der Waals surface area contributed by atoms with Gasteiger partial charge >= 0.3 is 5.97 Å². The van der Waals surface area contributed by atoms with Gasteiger partial charge in [-0.05, 0) is 65.6 Å². The summed E-state index contributed by atoms with van der Waals surface area (Å²) in [5, 5.41) is 3.15. The fraction of sp³-hybridized carbons (Fsp3) is 0.941. The fourth-order valence-electron chi connectivity index (χ4n) is 3.15. The van der Waals surface area contributed by atoms with Gasteiger partial charge in [0.05, 0.1) is 6.61 Å². The van der Waals surface area contributed by atoms with Crippen molar-refractivity contribution in [2.45, 2.75) is 64.8 Å². The SMILES string of the molecule is CCCC1CCCN(CCC(C)(NC)C(=O)OCC)CC1. The van der Waals surface area contributed by atoms with E-state index in [1.54, 1.807) is 0 Å². The van der Waals surface area contributed by atoms with Crippen LogP contribution < -0.4 is 5.32 Å². The molecule has 0 saturated carbocycles. The maximum absolute atomic E-state index is 12.1. The standard InChI is InChI=1S/C17H34N2O2/c1-5-8-15-9-7-12-19(13-10-15)14-11-17(3,18-4)16(20)21-6-2/h15,18H,5-14H2,1-4H3. The summed E-state index contributed by atoms with van der Waals surface area (Å²) in [4.78, 5) is 14.6. The lowest BCUT2D eigenvalue weighted by atomic mass is 9.96. The van der Waals surface area contributed by atoms with Gasteiger partial charge < -0.3 is 15.0 Å². The summed E-state index contributed by atoms with van der Waals surface area (Å²) < 4.78 is 5.19. The number of nitrogens with one attached hydrogen (secondary N) is 1. The number of carbonyl (C=O) groups excluding carboxylic acids is 1. The third-order valence-corrected chi connectivity index (χ3v) is 4.84. The van der Waals surface area contributed by atoms with Crippen LogP contribution in [0.5, 0.6) is 0 Å². The second kappa shape index (κ2) is 9.42. The van der Waals surface area contributed by atoms with Crippen molar-refractivity contribution in [1.29, 1.82) is 0 Å². The van der Waals surface area contributed by atoms with Crippen molar-refractivity contribution >= 4 is 5.97 Å². The number of likely N-dealkylation sites (tertiary alicyclic amines) is 1. The third kappa shape index (κ3) is 5.95. The quantitative estimate of drug-likeness (QED) is 0.700. The second-order valence-electron chi connectivity index (χ2n) is 6.48. The molecule has 0 bridgehead atoms. The van der Waals surface area contributed by atoms with Gasteiger partial charge in [0.25, 0.3) is 0 Å². The predicted molar refractivity (Wildman–Crippen MR) is 87.4 cm³/mol. The van der Waals surface area contributed by atoms with Crippen LogP contribution in [-0.2, 0) is 9.53 Å². The minimum Gasteiger partial charge on any atom is -0.465 e. The fourth-order valence-corrected chi connectivity index (χ4v) is 3.15. The van der Waals surface area contributed by atoms with E-state index in [4.69, 9.17) is 4.74 Å². The number of esters is 1. The first kappa shape index (κ1) is 18.4. The third-order valence-electron chi connectivity index (χ3n) is 4.84. The highest BCUT2D eigenvalue weighted by Crippen LogP contribution is 2.22. The van der Waals surface area contributed by atoms with Gasteiger partial charge in [-0.1, -0.05) is 19.8 Å². The molecule has 0 aromatic heterocycles. The number of carbonyl (C=O) groups is 1. The van der Waals surface area contributed by atoms with Gasteiger partial charge in [-0.3, -0.25) is 4.79 Å². The van der Waals surface area contributed by atoms with Crippen LogP contribution in [0, 0.1) is 5.92 Å². The monoisotopic (exact) mass is 298 g/mol. The number of ether oxygens (including phenoxy) is 1. The number of rotatable bonds is 8. The van der Waals surface area contributed by atoms with E-state index in [2.05, 4.69) is 17.1 Å². The minimum atomic E-state index is -0.564. The molecule has 1 aliphatic heterocycles. The number of nitrogens with zero attached hydrogens (tertiary/aromatic N) is 1. The van der Waals surface area contributed by atoms with E-state index in [-0.39, 0.29) is 5.97 Å².